The Morgan fingerprint density at radius 1 is 1.69 bits per heavy atom. The minimum Gasteiger partial charge on any atom is -0.392 e. The van der Waals surface area contributed by atoms with Crippen LogP contribution in [-0.2, 0) is 9.59 Å². The molecule has 0 saturated heterocycles. The van der Waals surface area contributed by atoms with Gasteiger partial charge in [-0.2, -0.15) is 0 Å². The van der Waals surface area contributed by atoms with Crippen LogP contribution >= 0.6 is 0 Å². The van der Waals surface area contributed by atoms with Gasteiger partial charge in [-0.15, -0.1) is 0 Å². The van der Waals surface area contributed by atoms with Crippen molar-refractivity contribution in [2.24, 2.45) is 5.73 Å². The molecule has 88 valence electrons. The van der Waals surface area contributed by atoms with Crippen LogP contribution in [0.25, 0.3) is 0 Å². The summed E-state index contributed by atoms with van der Waals surface area (Å²) in [4.78, 5) is 24.2. The fourth-order valence-electron chi connectivity index (χ4n) is 1.58. The second-order valence-corrected chi connectivity index (χ2v) is 3.58. The maximum Gasteiger partial charge on any atom is 0.240 e. The van der Waals surface area contributed by atoms with Gasteiger partial charge in [0.05, 0.1) is 6.61 Å². The van der Waals surface area contributed by atoms with Gasteiger partial charge in [0, 0.05) is 12.6 Å². The van der Waals surface area contributed by atoms with Gasteiger partial charge in [0.25, 0.3) is 0 Å². The smallest absolute Gasteiger partial charge is 0.240 e. The van der Waals surface area contributed by atoms with Gasteiger partial charge >= 0.3 is 0 Å². The molecule has 0 aromatic carbocycles. The number of hydrogen-bond acceptors (Lipinski definition) is 3. The largest absolute Gasteiger partial charge is 0.392 e. The molecule has 1 unspecified atom stereocenters. The number of carbonyl (C=O) groups excluding carboxylic acids is 2. The molecular weight excluding hydrogens is 208 g/mol. The highest BCUT2D eigenvalue weighted by atomic mass is 16.3. The van der Waals surface area contributed by atoms with Crippen molar-refractivity contribution >= 4 is 11.8 Å². The number of primary amides is 1. The maximum absolute atomic E-state index is 11.7. The van der Waals surface area contributed by atoms with Crippen LogP contribution in [0.2, 0.25) is 0 Å². The monoisotopic (exact) mass is 224 g/mol. The Kier molecular flexibility index (Phi) is 4.25. The molecule has 2 amide bonds. The van der Waals surface area contributed by atoms with Crippen LogP contribution in [0.1, 0.15) is 19.8 Å². The summed E-state index contributed by atoms with van der Waals surface area (Å²) in [5.41, 5.74) is 5.89. The minimum absolute atomic E-state index is 0.120. The van der Waals surface area contributed by atoms with Crippen molar-refractivity contribution in [3.8, 4) is 0 Å². The summed E-state index contributed by atoms with van der Waals surface area (Å²) in [6.45, 7) is 1.67. The molecule has 1 aliphatic rings. The van der Waals surface area contributed by atoms with E-state index in [0.717, 1.165) is 0 Å². The Morgan fingerprint density at radius 2 is 2.38 bits per heavy atom. The number of rotatable bonds is 4. The van der Waals surface area contributed by atoms with Crippen LogP contribution in [0.5, 0.6) is 0 Å². The molecule has 0 bridgehead atoms. The van der Waals surface area contributed by atoms with E-state index in [4.69, 9.17) is 10.8 Å². The Bertz CT molecular complexity index is 347. The quantitative estimate of drug-likeness (QED) is 0.700. The zero-order valence-electron chi connectivity index (χ0n) is 9.22. The number of hydrogen-bond donors (Lipinski definition) is 2. The van der Waals surface area contributed by atoms with Gasteiger partial charge in [-0.1, -0.05) is 13.0 Å². The van der Waals surface area contributed by atoms with Crippen LogP contribution in [-0.4, -0.2) is 34.5 Å². The van der Waals surface area contributed by atoms with Crippen LogP contribution in [0, 0.1) is 0 Å². The Hall–Kier alpha value is -1.62. The summed E-state index contributed by atoms with van der Waals surface area (Å²) >= 11 is 0. The summed E-state index contributed by atoms with van der Waals surface area (Å²) in [7, 11) is 0. The van der Waals surface area contributed by atoms with Gasteiger partial charge in [-0.05, 0) is 18.1 Å². The second kappa shape index (κ2) is 5.46. The number of amides is 2. The van der Waals surface area contributed by atoms with Crippen molar-refractivity contribution in [2.75, 3.05) is 6.61 Å². The van der Waals surface area contributed by atoms with Crippen LogP contribution in [0.4, 0.5) is 0 Å². The van der Waals surface area contributed by atoms with Gasteiger partial charge in [-0.25, -0.2) is 0 Å². The van der Waals surface area contributed by atoms with Gasteiger partial charge in [0.2, 0.25) is 11.8 Å². The molecule has 0 aliphatic carbocycles. The number of carbonyl (C=O) groups is 2. The zero-order valence-corrected chi connectivity index (χ0v) is 9.22. The summed E-state index contributed by atoms with van der Waals surface area (Å²) in [6.07, 6.45) is 5.42. The Labute approximate surface area is 94.2 Å². The molecule has 1 atom stereocenters. The van der Waals surface area contributed by atoms with E-state index in [1.165, 1.54) is 11.1 Å². The minimum atomic E-state index is -0.616. The summed E-state index contributed by atoms with van der Waals surface area (Å²) in [6, 6.07) is -0.616. The first-order chi connectivity index (χ1) is 7.60. The molecule has 3 N–H and O–H groups in total. The predicted molar refractivity (Wildman–Crippen MR) is 59.0 cm³/mol. The van der Waals surface area contributed by atoms with Crippen molar-refractivity contribution < 1.29 is 14.7 Å². The number of aliphatic hydroxyl groups excluding tert-OH is 1. The highest BCUT2D eigenvalue weighted by Crippen LogP contribution is 2.13. The highest BCUT2D eigenvalue weighted by Gasteiger charge is 2.25. The summed E-state index contributed by atoms with van der Waals surface area (Å²) in [5, 5.41) is 8.95. The molecule has 5 heteroatoms. The van der Waals surface area contributed by atoms with Crippen molar-refractivity contribution in [3.63, 3.8) is 0 Å². The summed E-state index contributed by atoms with van der Waals surface area (Å²) in [5.74, 6) is -0.710. The van der Waals surface area contributed by atoms with Gasteiger partial charge in [0.15, 0.2) is 0 Å². The fourth-order valence-corrected chi connectivity index (χ4v) is 1.58. The number of aliphatic hydroxyl groups is 1. The number of nitrogens with zero attached hydrogens (tertiary/aromatic N) is 1. The molecule has 0 fully saturated rings. The first-order valence-corrected chi connectivity index (χ1v) is 5.18. The average molecular weight is 224 g/mol. The lowest BCUT2D eigenvalue weighted by Crippen LogP contribution is -2.44. The third-order valence-corrected chi connectivity index (χ3v) is 2.51. The van der Waals surface area contributed by atoms with Crippen LogP contribution in [0.3, 0.4) is 0 Å². The molecule has 16 heavy (non-hydrogen) atoms. The third-order valence-electron chi connectivity index (χ3n) is 2.51. The first kappa shape index (κ1) is 12.4. The van der Waals surface area contributed by atoms with E-state index < -0.39 is 11.9 Å². The first-order valence-electron chi connectivity index (χ1n) is 5.18. The van der Waals surface area contributed by atoms with Crippen molar-refractivity contribution in [1.29, 1.82) is 0 Å². The fraction of sp³-hybridized carbons (Fsp3) is 0.455. The van der Waals surface area contributed by atoms with E-state index >= 15 is 0 Å². The van der Waals surface area contributed by atoms with Gasteiger partial charge in [-0.3, -0.25) is 9.59 Å². The molecule has 0 saturated carbocycles. The molecular formula is C11H16N2O3. The topological polar surface area (TPSA) is 83.6 Å². The molecule has 0 aromatic rings. The van der Waals surface area contributed by atoms with E-state index in [2.05, 4.69) is 0 Å². The third kappa shape index (κ3) is 2.70. The van der Waals surface area contributed by atoms with Crippen molar-refractivity contribution in [2.45, 2.75) is 25.8 Å². The van der Waals surface area contributed by atoms with Crippen molar-refractivity contribution in [1.82, 2.24) is 4.90 Å². The molecule has 1 heterocycles. The molecule has 1 rings (SSSR count). The molecule has 0 spiro atoms. The molecule has 5 nitrogen and oxygen atoms in total. The van der Waals surface area contributed by atoms with E-state index in [1.54, 1.807) is 19.1 Å². The van der Waals surface area contributed by atoms with Gasteiger partial charge in [0.1, 0.15) is 6.04 Å². The lowest BCUT2D eigenvalue weighted by Gasteiger charge is -2.24. The predicted octanol–water partition coefficient (Wildman–Crippen LogP) is -0.0850. The van der Waals surface area contributed by atoms with E-state index in [-0.39, 0.29) is 18.9 Å². The molecule has 0 aromatic heterocycles. The second-order valence-electron chi connectivity index (χ2n) is 3.58. The van der Waals surface area contributed by atoms with Crippen LogP contribution in [0.15, 0.2) is 23.9 Å². The van der Waals surface area contributed by atoms with Crippen LogP contribution < -0.4 is 5.73 Å². The summed E-state index contributed by atoms with van der Waals surface area (Å²) < 4.78 is 0. The maximum atomic E-state index is 11.7. The van der Waals surface area contributed by atoms with E-state index in [1.807, 2.05) is 0 Å². The van der Waals surface area contributed by atoms with Gasteiger partial charge < -0.3 is 15.7 Å². The normalized spacial score (nSPS) is 18.0. The lowest BCUT2D eigenvalue weighted by molar-refractivity contribution is -0.135. The number of nitrogens with two attached hydrogens (primary N) is 1. The zero-order chi connectivity index (χ0) is 12.1. The van der Waals surface area contributed by atoms with E-state index in [0.29, 0.717) is 12.0 Å². The average Bonchev–Trinajstić information content (AvgIpc) is 2.43. The lowest BCUT2D eigenvalue weighted by atomic mass is 10.2. The van der Waals surface area contributed by atoms with E-state index in [9.17, 15) is 9.59 Å². The Balaban J connectivity index is 2.89. The molecule has 1 aliphatic heterocycles. The van der Waals surface area contributed by atoms with Crippen molar-refractivity contribution in [3.05, 3.63) is 23.9 Å². The standard InChI is InChI=1S/C11H16N2O3/c1-2-9(11(12)16)13-6-5-8(7-14)3-4-10(13)15/h3,5-6,9,14H,2,4,7H2,1H3,(H2,12,16). The highest BCUT2D eigenvalue weighted by molar-refractivity contribution is 5.88. The SMILES string of the molecule is CCC(C(N)=O)N1C=CC(CO)=CCC1=O. The molecule has 0 radical (unpaired) electrons. The Morgan fingerprint density at radius 3 is 2.88 bits per heavy atom.